The van der Waals surface area contributed by atoms with E-state index in [0.29, 0.717) is 16.1 Å². The Hall–Kier alpha value is -2.64. The van der Waals surface area contributed by atoms with Gasteiger partial charge in [0.1, 0.15) is 11.6 Å². The molecule has 7 nitrogen and oxygen atoms in total. The van der Waals surface area contributed by atoms with E-state index in [0.717, 1.165) is 61.4 Å². The van der Waals surface area contributed by atoms with Crippen LogP contribution in [0.1, 0.15) is 20.3 Å². The third-order valence-electron chi connectivity index (χ3n) is 6.24. The molecule has 0 N–H and O–H groups in total. The van der Waals surface area contributed by atoms with E-state index in [1.807, 2.05) is 24.3 Å². The monoisotopic (exact) mass is 469 g/mol. The van der Waals surface area contributed by atoms with Crippen molar-refractivity contribution < 1.29 is 0 Å². The molecule has 0 amide bonds. The number of aromatic nitrogens is 4. The summed E-state index contributed by atoms with van der Waals surface area (Å²) in [5, 5.41) is 1.27. The van der Waals surface area contributed by atoms with Crippen LogP contribution in [0.15, 0.2) is 42.9 Å². The minimum atomic E-state index is 0.226. The molecule has 2 aliphatic rings. The van der Waals surface area contributed by atoms with Gasteiger partial charge < -0.3 is 14.7 Å². The van der Waals surface area contributed by atoms with Crippen LogP contribution >= 0.6 is 23.2 Å². The highest BCUT2D eigenvalue weighted by Crippen LogP contribution is 2.32. The molecule has 5 heterocycles. The van der Waals surface area contributed by atoms with Gasteiger partial charge in [0.2, 0.25) is 5.95 Å². The zero-order chi connectivity index (χ0) is 22.2. The number of halogens is 2. The minimum Gasteiger partial charge on any atom is -0.352 e. The van der Waals surface area contributed by atoms with Gasteiger partial charge in [-0.3, -0.25) is 4.98 Å². The summed E-state index contributed by atoms with van der Waals surface area (Å²) in [7, 11) is 0. The molecular weight excluding hydrogens is 445 g/mol. The number of pyridine rings is 2. The second-order valence-electron chi connectivity index (χ2n) is 8.43. The molecule has 0 aromatic carbocycles. The average Bonchev–Trinajstić information content (AvgIpc) is 2.78. The summed E-state index contributed by atoms with van der Waals surface area (Å²) in [6.45, 7) is 7.82. The summed E-state index contributed by atoms with van der Waals surface area (Å²) < 4.78 is 0. The molecule has 2 saturated heterocycles. The van der Waals surface area contributed by atoms with Crippen molar-refractivity contribution in [3.05, 3.63) is 52.9 Å². The third kappa shape index (κ3) is 4.07. The first-order valence-electron chi connectivity index (χ1n) is 10.9. The Morgan fingerprint density at radius 3 is 2.53 bits per heavy atom. The van der Waals surface area contributed by atoms with Crippen LogP contribution in [0.5, 0.6) is 0 Å². The lowest BCUT2D eigenvalue weighted by Gasteiger charge is -2.42. The van der Waals surface area contributed by atoms with Crippen LogP contribution in [-0.4, -0.2) is 58.2 Å². The topological polar surface area (TPSA) is 61.3 Å². The van der Waals surface area contributed by atoms with Gasteiger partial charge in [-0.25, -0.2) is 9.97 Å². The van der Waals surface area contributed by atoms with Crippen LogP contribution in [-0.2, 0) is 0 Å². The Balaban J connectivity index is 1.47. The highest BCUT2D eigenvalue weighted by molar-refractivity contribution is 6.33. The molecule has 0 bridgehead atoms. The molecular formula is C23H25Cl2N7. The molecule has 2 aliphatic heterocycles. The first-order valence-corrected chi connectivity index (χ1v) is 11.6. The molecule has 0 saturated carbocycles. The Morgan fingerprint density at radius 1 is 0.969 bits per heavy atom. The third-order valence-corrected chi connectivity index (χ3v) is 6.74. The molecule has 0 radical (unpaired) electrons. The Kier molecular flexibility index (Phi) is 5.78. The van der Waals surface area contributed by atoms with Crippen LogP contribution < -0.4 is 14.7 Å². The Bertz CT molecular complexity index is 1130. The summed E-state index contributed by atoms with van der Waals surface area (Å²) in [5.41, 5.74) is 1.73. The van der Waals surface area contributed by atoms with Crippen molar-refractivity contribution in [1.29, 1.82) is 0 Å². The lowest BCUT2D eigenvalue weighted by molar-refractivity contribution is 0.469. The maximum atomic E-state index is 6.39. The van der Waals surface area contributed by atoms with Crippen molar-refractivity contribution in [3.63, 3.8) is 0 Å². The average molecular weight is 470 g/mol. The van der Waals surface area contributed by atoms with E-state index >= 15 is 0 Å². The fourth-order valence-electron chi connectivity index (χ4n) is 4.31. The highest BCUT2D eigenvalue weighted by Gasteiger charge is 2.30. The van der Waals surface area contributed by atoms with E-state index in [9.17, 15) is 0 Å². The zero-order valence-electron chi connectivity index (χ0n) is 18.1. The van der Waals surface area contributed by atoms with E-state index in [1.165, 1.54) is 0 Å². The molecule has 2 unspecified atom stereocenters. The highest BCUT2D eigenvalue weighted by atomic mass is 35.5. The molecule has 0 spiro atoms. The first kappa shape index (κ1) is 21.2. The summed E-state index contributed by atoms with van der Waals surface area (Å²) >= 11 is 12.6. The zero-order valence-corrected chi connectivity index (χ0v) is 19.6. The van der Waals surface area contributed by atoms with Crippen molar-refractivity contribution >= 4 is 40.8 Å². The van der Waals surface area contributed by atoms with Crippen LogP contribution in [0.4, 0.5) is 17.6 Å². The maximum absolute atomic E-state index is 6.39. The number of nitrogens with zero attached hydrogens (tertiary/aromatic N) is 7. The molecule has 2 atom stereocenters. The van der Waals surface area contributed by atoms with Gasteiger partial charge in [0.15, 0.2) is 0 Å². The van der Waals surface area contributed by atoms with Crippen molar-refractivity contribution in [2.24, 2.45) is 0 Å². The van der Waals surface area contributed by atoms with Gasteiger partial charge in [-0.2, -0.15) is 4.98 Å². The van der Waals surface area contributed by atoms with Crippen molar-refractivity contribution in [1.82, 2.24) is 19.9 Å². The van der Waals surface area contributed by atoms with Gasteiger partial charge in [0.05, 0.1) is 15.7 Å². The van der Waals surface area contributed by atoms with E-state index in [2.05, 4.69) is 38.5 Å². The van der Waals surface area contributed by atoms with E-state index in [-0.39, 0.29) is 6.04 Å². The van der Waals surface area contributed by atoms with Crippen LogP contribution in [0.3, 0.4) is 0 Å². The standard InChI is InChI=1S/C23H25Cl2N7/c1-15-5-7-32(15)23-28-20(17-10-18(24)13-26-12-17)11-21(29-23)31-9-8-30(14-16(31)2)22-19(25)4-3-6-27-22/h3-4,6,10-13,15-16H,5,7-9,14H2,1-2H3. The van der Waals surface area contributed by atoms with Gasteiger partial charge >= 0.3 is 0 Å². The molecule has 3 aromatic heterocycles. The van der Waals surface area contributed by atoms with Crippen molar-refractivity contribution in [2.45, 2.75) is 32.4 Å². The SMILES string of the molecule is CC1CN(c2ncccc2Cl)CCN1c1cc(-c2cncc(Cl)c2)nc(N2CCC2C)n1. The normalized spacial score (nSPS) is 20.9. The number of piperazine rings is 1. The summed E-state index contributed by atoms with van der Waals surface area (Å²) in [4.78, 5) is 25.4. The van der Waals surface area contributed by atoms with Gasteiger partial charge in [0.25, 0.3) is 0 Å². The smallest absolute Gasteiger partial charge is 0.228 e. The summed E-state index contributed by atoms with van der Waals surface area (Å²) in [5.74, 6) is 2.52. The lowest BCUT2D eigenvalue weighted by Crippen LogP contribution is -2.53. The van der Waals surface area contributed by atoms with Gasteiger partial charge in [-0.15, -0.1) is 0 Å². The van der Waals surface area contributed by atoms with E-state index in [1.54, 1.807) is 18.6 Å². The van der Waals surface area contributed by atoms with E-state index in [4.69, 9.17) is 33.2 Å². The number of hydrogen-bond donors (Lipinski definition) is 0. The molecule has 32 heavy (non-hydrogen) atoms. The fraction of sp³-hybridized carbons (Fsp3) is 0.391. The van der Waals surface area contributed by atoms with Crippen molar-refractivity contribution in [2.75, 3.05) is 40.9 Å². The first-order chi connectivity index (χ1) is 15.5. The summed E-state index contributed by atoms with van der Waals surface area (Å²) in [6.07, 6.45) is 6.37. The van der Waals surface area contributed by atoms with Crippen LogP contribution in [0.25, 0.3) is 11.3 Å². The van der Waals surface area contributed by atoms with Crippen LogP contribution in [0.2, 0.25) is 10.0 Å². The lowest BCUT2D eigenvalue weighted by atomic mass is 10.1. The molecule has 0 aliphatic carbocycles. The Morgan fingerprint density at radius 2 is 1.84 bits per heavy atom. The quantitative estimate of drug-likeness (QED) is 0.554. The summed E-state index contributed by atoms with van der Waals surface area (Å²) in [6, 6.07) is 8.35. The second-order valence-corrected chi connectivity index (χ2v) is 9.28. The number of anilines is 3. The van der Waals surface area contributed by atoms with Crippen LogP contribution in [0, 0.1) is 0 Å². The number of rotatable bonds is 4. The predicted molar refractivity (Wildman–Crippen MR) is 130 cm³/mol. The largest absolute Gasteiger partial charge is 0.352 e. The molecule has 3 aromatic rings. The number of hydrogen-bond acceptors (Lipinski definition) is 7. The van der Waals surface area contributed by atoms with Crippen molar-refractivity contribution in [3.8, 4) is 11.3 Å². The molecule has 9 heteroatoms. The maximum Gasteiger partial charge on any atom is 0.228 e. The second kappa shape index (κ2) is 8.71. The van der Waals surface area contributed by atoms with E-state index < -0.39 is 0 Å². The minimum absolute atomic E-state index is 0.226. The van der Waals surface area contributed by atoms with Gasteiger partial charge in [0, 0.05) is 68.5 Å². The Labute approximate surface area is 198 Å². The predicted octanol–water partition coefficient (Wildman–Crippen LogP) is 4.55. The molecule has 166 valence electrons. The molecule has 2 fully saturated rings. The van der Waals surface area contributed by atoms with Gasteiger partial charge in [-0.05, 0) is 38.5 Å². The molecule has 5 rings (SSSR count). The van der Waals surface area contributed by atoms with Gasteiger partial charge in [-0.1, -0.05) is 23.2 Å². The fourth-order valence-corrected chi connectivity index (χ4v) is 4.73.